The standard InChI is InChI=1S/C18H28N4O3S/c1-13-11-22(12-14(2)25-13)9-8-17(23)20-21-18(26)19-10-15-4-6-16(24-3)7-5-15/h4-7,13-14H,8-12H2,1-3H3,(H,20,23)(H2,19,21,26)/t13-,14-/m1/s1. The zero-order valence-corrected chi connectivity index (χ0v) is 16.4. The predicted molar refractivity (Wildman–Crippen MR) is 105 cm³/mol. The minimum atomic E-state index is -0.0922. The number of nitrogens with one attached hydrogen (secondary N) is 3. The van der Waals surface area contributed by atoms with Crippen molar-refractivity contribution in [3.8, 4) is 5.75 Å². The molecule has 26 heavy (non-hydrogen) atoms. The molecule has 1 fully saturated rings. The highest BCUT2D eigenvalue weighted by molar-refractivity contribution is 7.80. The van der Waals surface area contributed by atoms with Crippen molar-refractivity contribution < 1.29 is 14.3 Å². The Morgan fingerprint density at radius 3 is 2.50 bits per heavy atom. The van der Waals surface area contributed by atoms with Gasteiger partial charge in [-0.3, -0.25) is 20.5 Å². The van der Waals surface area contributed by atoms with Crippen LogP contribution in [0.25, 0.3) is 0 Å². The van der Waals surface area contributed by atoms with E-state index in [1.165, 1.54) is 0 Å². The average Bonchev–Trinajstić information content (AvgIpc) is 2.62. The Bertz CT molecular complexity index is 587. The summed E-state index contributed by atoms with van der Waals surface area (Å²) in [6.07, 6.45) is 0.817. The van der Waals surface area contributed by atoms with Gasteiger partial charge in [-0.05, 0) is 43.8 Å². The smallest absolute Gasteiger partial charge is 0.239 e. The van der Waals surface area contributed by atoms with Crippen molar-refractivity contribution in [1.29, 1.82) is 0 Å². The molecule has 1 aliphatic rings. The first-order chi connectivity index (χ1) is 12.5. The molecule has 1 aromatic carbocycles. The molecule has 1 aliphatic heterocycles. The Hall–Kier alpha value is -1.90. The van der Waals surface area contributed by atoms with Crippen LogP contribution in [0.4, 0.5) is 0 Å². The molecule has 0 spiro atoms. The van der Waals surface area contributed by atoms with Crippen LogP contribution in [-0.2, 0) is 16.1 Å². The second-order valence-electron chi connectivity index (χ2n) is 6.47. The van der Waals surface area contributed by atoms with Gasteiger partial charge >= 0.3 is 0 Å². The van der Waals surface area contributed by atoms with E-state index in [9.17, 15) is 4.79 Å². The van der Waals surface area contributed by atoms with Crippen molar-refractivity contribution in [2.45, 2.75) is 39.0 Å². The first kappa shape index (κ1) is 20.4. The van der Waals surface area contributed by atoms with Crippen LogP contribution in [0.1, 0.15) is 25.8 Å². The maximum absolute atomic E-state index is 12.0. The number of carbonyl (C=O) groups is 1. The molecule has 0 radical (unpaired) electrons. The van der Waals surface area contributed by atoms with Crippen LogP contribution in [-0.4, -0.2) is 54.9 Å². The zero-order valence-electron chi connectivity index (χ0n) is 15.6. The Kier molecular flexibility index (Phi) is 8.08. The van der Waals surface area contributed by atoms with Crippen LogP contribution < -0.4 is 20.9 Å². The molecule has 0 aliphatic carbocycles. The molecule has 0 unspecified atom stereocenters. The number of nitrogens with zero attached hydrogens (tertiary/aromatic N) is 1. The number of benzene rings is 1. The molecule has 3 N–H and O–H groups in total. The van der Waals surface area contributed by atoms with Crippen LogP contribution in [0.3, 0.4) is 0 Å². The van der Waals surface area contributed by atoms with E-state index in [0.717, 1.165) is 24.4 Å². The number of methoxy groups -OCH3 is 1. The lowest BCUT2D eigenvalue weighted by atomic mass is 10.2. The van der Waals surface area contributed by atoms with Gasteiger partial charge in [0.1, 0.15) is 5.75 Å². The molecule has 2 rings (SSSR count). The summed E-state index contributed by atoms with van der Waals surface area (Å²) in [5, 5.41) is 3.42. The van der Waals surface area contributed by atoms with Gasteiger partial charge in [-0.15, -0.1) is 0 Å². The van der Waals surface area contributed by atoms with E-state index < -0.39 is 0 Å². The van der Waals surface area contributed by atoms with E-state index >= 15 is 0 Å². The van der Waals surface area contributed by atoms with Gasteiger partial charge in [0.2, 0.25) is 5.91 Å². The number of thiocarbonyl (C=S) groups is 1. The van der Waals surface area contributed by atoms with Crippen molar-refractivity contribution in [3.63, 3.8) is 0 Å². The lowest BCUT2D eigenvalue weighted by Crippen LogP contribution is -2.49. The molecule has 0 saturated carbocycles. The molecule has 8 heteroatoms. The second kappa shape index (κ2) is 10.3. The van der Waals surface area contributed by atoms with Crippen molar-refractivity contribution in [2.24, 2.45) is 0 Å². The minimum Gasteiger partial charge on any atom is -0.497 e. The summed E-state index contributed by atoms with van der Waals surface area (Å²) in [5.74, 6) is 0.719. The van der Waals surface area contributed by atoms with E-state index in [-0.39, 0.29) is 18.1 Å². The quantitative estimate of drug-likeness (QED) is 0.506. The number of hydrogen-bond acceptors (Lipinski definition) is 5. The molecule has 1 heterocycles. The fourth-order valence-corrected chi connectivity index (χ4v) is 3.01. The highest BCUT2D eigenvalue weighted by Gasteiger charge is 2.22. The van der Waals surface area contributed by atoms with Gasteiger partial charge < -0.3 is 14.8 Å². The summed E-state index contributed by atoms with van der Waals surface area (Å²) in [4.78, 5) is 14.2. The Labute approximate surface area is 160 Å². The number of amides is 1. The lowest BCUT2D eigenvalue weighted by Gasteiger charge is -2.35. The Morgan fingerprint density at radius 2 is 1.88 bits per heavy atom. The minimum absolute atomic E-state index is 0.0922. The second-order valence-corrected chi connectivity index (χ2v) is 6.88. The SMILES string of the molecule is COc1ccc(CNC(=S)NNC(=O)CCN2C[C@@H](C)O[C@H](C)C2)cc1. The van der Waals surface area contributed by atoms with Crippen LogP contribution >= 0.6 is 12.2 Å². The molecule has 144 valence electrons. The molecular formula is C18H28N4O3S. The summed E-state index contributed by atoms with van der Waals surface area (Å²) < 4.78 is 10.8. The van der Waals surface area contributed by atoms with E-state index in [2.05, 4.69) is 34.9 Å². The average molecular weight is 381 g/mol. The van der Waals surface area contributed by atoms with Crippen molar-refractivity contribution in [1.82, 2.24) is 21.1 Å². The summed E-state index contributed by atoms with van der Waals surface area (Å²) in [6, 6.07) is 7.69. The molecule has 1 saturated heterocycles. The van der Waals surface area contributed by atoms with Crippen LogP contribution in [0, 0.1) is 0 Å². The normalized spacial score (nSPS) is 20.3. The van der Waals surface area contributed by atoms with Crippen LogP contribution in [0.5, 0.6) is 5.75 Å². The van der Waals surface area contributed by atoms with Gasteiger partial charge in [0.05, 0.1) is 19.3 Å². The number of rotatable bonds is 6. The molecule has 0 aromatic heterocycles. The third-order valence-corrected chi connectivity index (χ3v) is 4.32. The monoisotopic (exact) mass is 380 g/mol. The largest absolute Gasteiger partial charge is 0.497 e. The van der Waals surface area contributed by atoms with Crippen molar-refractivity contribution in [2.75, 3.05) is 26.7 Å². The number of hydrogen-bond donors (Lipinski definition) is 3. The fourth-order valence-electron chi connectivity index (χ4n) is 2.89. The van der Waals surface area contributed by atoms with Gasteiger partial charge in [0.15, 0.2) is 5.11 Å². The summed E-state index contributed by atoms with van der Waals surface area (Å²) in [6.45, 7) is 7.08. The molecular weight excluding hydrogens is 352 g/mol. The first-order valence-electron chi connectivity index (χ1n) is 8.79. The number of carbonyl (C=O) groups excluding carboxylic acids is 1. The molecule has 1 amide bonds. The molecule has 2 atom stereocenters. The van der Waals surface area contributed by atoms with Gasteiger partial charge in [-0.2, -0.15) is 0 Å². The molecule has 1 aromatic rings. The number of ether oxygens (including phenoxy) is 2. The first-order valence-corrected chi connectivity index (χ1v) is 9.20. The molecule has 7 nitrogen and oxygen atoms in total. The summed E-state index contributed by atoms with van der Waals surface area (Å²) in [5.41, 5.74) is 6.43. The lowest BCUT2D eigenvalue weighted by molar-refractivity contribution is -0.123. The van der Waals surface area contributed by atoms with Gasteiger partial charge in [0.25, 0.3) is 0 Å². The van der Waals surface area contributed by atoms with Gasteiger partial charge in [-0.25, -0.2) is 0 Å². The maximum atomic E-state index is 12.0. The van der Waals surface area contributed by atoms with Gasteiger partial charge in [-0.1, -0.05) is 12.1 Å². The summed E-state index contributed by atoms with van der Waals surface area (Å²) >= 11 is 5.17. The highest BCUT2D eigenvalue weighted by atomic mass is 32.1. The number of hydrazine groups is 1. The third kappa shape index (κ3) is 7.15. The fraction of sp³-hybridized carbons (Fsp3) is 0.556. The topological polar surface area (TPSA) is 74.9 Å². The van der Waals surface area contributed by atoms with E-state index in [1.54, 1.807) is 7.11 Å². The van der Waals surface area contributed by atoms with E-state index in [0.29, 0.717) is 24.6 Å². The maximum Gasteiger partial charge on any atom is 0.239 e. The van der Waals surface area contributed by atoms with Crippen molar-refractivity contribution >= 4 is 23.2 Å². The van der Waals surface area contributed by atoms with Crippen LogP contribution in [0.15, 0.2) is 24.3 Å². The van der Waals surface area contributed by atoms with E-state index in [1.807, 2.05) is 24.3 Å². The summed E-state index contributed by atoms with van der Waals surface area (Å²) in [7, 11) is 1.63. The third-order valence-electron chi connectivity index (χ3n) is 4.08. The predicted octanol–water partition coefficient (Wildman–Crippen LogP) is 1.19. The number of morpholine rings is 1. The highest BCUT2D eigenvalue weighted by Crippen LogP contribution is 2.11. The van der Waals surface area contributed by atoms with Gasteiger partial charge in [0, 0.05) is 32.6 Å². The Morgan fingerprint density at radius 1 is 1.23 bits per heavy atom. The van der Waals surface area contributed by atoms with E-state index in [4.69, 9.17) is 21.7 Å². The Balaban J connectivity index is 1.61. The molecule has 0 bridgehead atoms. The van der Waals surface area contributed by atoms with Crippen molar-refractivity contribution in [3.05, 3.63) is 29.8 Å². The zero-order chi connectivity index (χ0) is 18.9. The van der Waals surface area contributed by atoms with Crippen LogP contribution in [0.2, 0.25) is 0 Å².